The van der Waals surface area contributed by atoms with Crippen molar-refractivity contribution in [1.82, 2.24) is 5.32 Å². The second-order valence-corrected chi connectivity index (χ2v) is 5.91. The summed E-state index contributed by atoms with van der Waals surface area (Å²) >= 11 is 0. The summed E-state index contributed by atoms with van der Waals surface area (Å²) in [5.41, 5.74) is 9.64. The minimum absolute atomic E-state index is 0.00363. The Morgan fingerprint density at radius 3 is 2.53 bits per heavy atom. The van der Waals surface area contributed by atoms with Gasteiger partial charge >= 0.3 is 0 Å². The fourth-order valence-electron chi connectivity index (χ4n) is 2.81. The quantitative estimate of drug-likeness (QED) is 0.817. The van der Waals surface area contributed by atoms with Crippen molar-refractivity contribution >= 4 is 11.6 Å². The number of hydrogen-bond donors (Lipinski definition) is 2. The van der Waals surface area contributed by atoms with Gasteiger partial charge in [-0.25, -0.2) is 0 Å². The van der Waals surface area contributed by atoms with Crippen LogP contribution >= 0.6 is 0 Å². The summed E-state index contributed by atoms with van der Waals surface area (Å²) in [4.78, 5) is 12.3. The normalized spacial score (nSPS) is 16.8. The SMILES string of the molecule is CCC1(CNC(=O)c2cc(N)c(C)cc2C)CCC1. The zero-order valence-corrected chi connectivity index (χ0v) is 12.2. The van der Waals surface area contributed by atoms with Crippen LogP contribution in [0.25, 0.3) is 0 Å². The van der Waals surface area contributed by atoms with Crippen LogP contribution in [0.15, 0.2) is 12.1 Å². The fourth-order valence-corrected chi connectivity index (χ4v) is 2.81. The van der Waals surface area contributed by atoms with Gasteiger partial charge in [0.1, 0.15) is 0 Å². The van der Waals surface area contributed by atoms with E-state index in [0.717, 1.165) is 24.1 Å². The van der Waals surface area contributed by atoms with Gasteiger partial charge in [0.25, 0.3) is 5.91 Å². The van der Waals surface area contributed by atoms with Crippen molar-refractivity contribution in [3.05, 3.63) is 28.8 Å². The van der Waals surface area contributed by atoms with Gasteiger partial charge in [-0.3, -0.25) is 4.79 Å². The maximum absolute atomic E-state index is 12.3. The van der Waals surface area contributed by atoms with Crippen molar-refractivity contribution in [2.24, 2.45) is 5.41 Å². The lowest BCUT2D eigenvalue weighted by Crippen LogP contribution is -2.41. The highest BCUT2D eigenvalue weighted by molar-refractivity contribution is 5.96. The second kappa shape index (κ2) is 5.24. The first kappa shape index (κ1) is 13.9. The van der Waals surface area contributed by atoms with Gasteiger partial charge in [0.2, 0.25) is 0 Å². The summed E-state index contributed by atoms with van der Waals surface area (Å²) in [5, 5.41) is 3.09. The van der Waals surface area contributed by atoms with Crippen LogP contribution in [0.3, 0.4) is 0 Å². The first-order valence-corrected chi connectivity index (χ1v) is 7.12. The fraction of sp³-hybridized carbons (Fsp3) is 0.562. The van der Waals surface area contributed by atoms with E-state index in [1.165, 1.54) is 19.3 Å². The molecule has 2 rings (SSSR count). The number of nitrogens with one attached hydrogen (secondary N) is 1. The molecule has 0 bridgehead atoms. The van der Waals surface area contributed by atoms with E-state index in [-0.39, 0.29) is 5.91 Å². The number of carbonyl (C=O) groups is 1. The molecule has 1 aliphatic rings. The van der Waals surface area contributed by atoms with E-state index in [4.69, 9.17) is 5.73 Å². The highest BCUT2D eigenvalue weighted by Gasteiger charge is 2.35. The Balaban J connectivity index is 2.06. The number of hydrogen-bond acceptors (Lipinski definition) is 2. The molecule has 0 aliphatic heterocycles. The van der Waals surface area contributed by atoms with Gasteiger partial charge < -0.3 is 11.1 Å². The van der Waals surface area contributed by atoms with Crippen LogP contribution < -0.4 is 11.1 Å². The molecule has 1 amide bonds. The topological polar surface area (TPSA) is 55.1 Å². The highest BCUT2D eigenvalue weighted by atomic mass is 16.1. The van der Waals surface area contributed by atoms with Crippen molar-refractivity contribution in [3.8, 4) is 0 Å². The smallest absolute Gasteiger partial charge is 0.251 e. The zero-order chi connectivity index (χ0) is 14.0. The molecule has 3 heteroatoms. The molecule has 104 valence electrons. The molecule has 3 N–H and O–H groups in total. The summed E-state index contributed by atoms with van der Waals surface area (Å²) in [7, 11) is 0. The lowest BCUT2D eigenvalue weighted by molar-refractivity contribution is 0.0849. The van der Waals surface area contributed by atoms with Gasteiger partial charge in [0, 0.05) is 17.8 Å². The van der Waals surface area contributed by atoms with Crippen LogP contribution in [0, 0.1) is 19.3 Å². The summed E-state index contributed by atoms with van der Waals surface area (Å²) in [6, 6.07) is 3.77. The average molecular weight is 260 g/mol. The predicted octanol–water partition coefficient (Wildman–Crippen LogP) is 3.20. The third-order valence-electron chi connectivity index (χ3n) is 4.65. The summed E-state index contributed by atoms with van der Waals surface area (Å²) < 4.78 is 0. The van der Waals surface area contributed by atoms with E-state index < -0.39 is 0 Å². The minimum atomic E-state index is 0.00363. The molecule has 0 heterocycles. The first-order valence-electron chi connectivity index (χ1n) is 7.12. The molecule has 0 saturated heterocycles. The molecule has 19 heavy (non-hydrogen) atoms. The zero-order valence-electron chi connectivity index (χ0n) is 12.2. The van der Waals surface area contributed by atoms with Crippen LogP contribution in [0.1, 0.15) is 54.1 Å². The van der Waals surface area contributed by atoms with Gasteiger partial charge in [-0.05, 0) is 55.7 Å². The van der Waals surface area contributed by atoms with Crippen LogP contribution in [0.5, 0.6) is 0 Å². The minimum Gasteiger partial charge on any atom is -0.398 e. The molecule has 0 atom stereocenters. The number of rotatable bonds is 4. The Bertz CT molecular complexity index is 484. The Kier molecular flexibility index (Phi) is 3.83. The lowest BCUT2D eigenvalue weighted by Gasteiger charge is -2.41. The van der Waals surface area contributed by atoms with Crippen LogP contribution in [-0.4, -0.2) is 12.5 Å². The number of benzene rings is 1. The lowest BCUT2D eigenvalue weighted by atomic mass is 9.67. The predicted molar refractivity (Wildman–Crippen MR) is 79.2 cm³/mol. The number of nitrogens with two attached hydrogens (primary N) is 1. The molecule has 1 aromatic rings. The van der Waals surface area contributed by atoms with E-state index >= 15 is 0 Å². The summed E-state index contributed by atoms with van der Waals surface area (Å²) in [6.07, 6.45) is 4.90. The maximum atomic E-state index is 12.3. The number of amides is 1. The molecular weight excluding hydrogens is 236 g/mol. The van der Waals surface area contributed by atoms with Crippen molar-refractivity contribution in [2.45, 2.75) is 46.5 Å². The van der Waals surface area contributed by atoms with Crippen molar-refractivity contribution < 1.29 is 4.79 Å². The first-order chi connectivity index (χ1) is 8.97. The molecule has 1 saturated carbocycles. The van der Waals surface area contributed by atoms with E-state index in [2.05, 4.69) is 12.2 Å². The van der Waals surface area contributed by atoms with E-state index in [1.807, 2.05) is 19.9 Å². The third kappa shape index (κ3) is 2.75. The molecule has 0 unspecified atom stereocenters. The summed E-state index contributed by atoms with van der Waals surface area (Å²) in [6.45, 7) is 6.92. The number of anilines is 1. The van der Waals surface area contributed by atoms with Crippen LogP contribution in [-0.2, 0) is 0 Å². The molecule has 1 aliphatic carbocycles. The number of aryl methyl sites for hydroxylation is 2. The molecule has 1 fully saturated rings. The molecule has 0 aromatic heterocycles. The molecule has 3 nitrogen and oxygen atoms in total. The Morgan fingerprint density at radius 2 is 2.00 bits per heavy atom. The van der Waals surface area contributed by atoms with Crippen LogP contribution in [0.4, 0.5) is 5.69 Å². The van der Waals surface area contributed by atoms with E-state index in [1.54, 1.807) is 6.07 Å². The average Bonchev–Trinajstić information content (AvgIpc) is 2.32. The highest BCUT2D eigenvalue weighted by Crippen LogP contribution is 2.43. The molecule has 0 spiro atoms. The van der Waals surface area contributed by atoms with E-state index in [0.29, 0.717) is 16.7 Å². The second-order valence-electron chi connectivity index (χ2n) is 5.91. The standard InChI is InChI=1S/C16H24N2O/c1-4-16(6-5-7-16)10-18-15(19)13-9-14(17)12(3)8-11(13)2/h8-9H,4-7,10,17H2,1-3H3,(H,18,19). The third-order valence-corrected chi connectivity index (χ3v) is 4.65. The van der Waals surface area contributed by atoms with Crippen LogP contribution in [0.2, 0.25) is 0 Å². The Hall–Kier alpha value is -1.51. The Labute approximate surface area is 115 Å². The van der Waals surface area contributed by atoms with Gasteiger partial charge in [0.05, 0.1) is 0 Å². The largest absolute Gasteiger partial charge is 0.398 e. The van der Waals surface area contributed by atoms with Gasteiger partial charge in [-0.2, -0.15) is 0 Å². The molecule has 0 radical (unpaired) electrons. The van der Waals surface area contributed by atoms with Gasteiger partial charge in [-0.1, -0.05) is 19.4 Å². The number of nitrogen functional groups attached to an aromatic ring is 1. The van der Waals surface area contributed by atoms with E-state index in [9.17, 15) is 4.79 Å². The molecular formula is C16H24N2O. The molecule has 1 aromatic carbocycles. The number of carbonyl (C=O) groups excluding carboxylic acids is 1. The van der Waals surface area contributed by atoms with Crippen molar-refractivity contribution in [2.75, 3.05) is 12.3 Å². The monoisotopic (exact) mass is 260 g/mol. The summed E-state index contributed by atoms with van der Waals surface area (Å²) in [5.74, 6) is 0.00363. The van der Waals surface area contributed by atoms with Gasteiger partial charge in [0.15, 0.2) is 0 Å². The Morgan fingerprint density at radius 1 is 1.32 bits per heavy atom. The maximum Gasteiger partial charge on any atom is 0.251 e. The van der Waals surface area contributed by atoms with Crippen molar-refractivity contribution in [1.29, 1.82) is 0 Å². The van der Waals surface area contributed by atoms with Crippen molar-refractivity contribution in [3.63, 3.8) is 0 Å². The van der Waals surface area contributed by atoms with Gasteiger partial charge in [-0.15, -0.1) is 0 Å².